The van der Waals surface area contributed by atoms with E-state index in [0.29, 0.717) is 5.17 Å². The lowest BCUT2D eigenvalue weighted by atomic mass is 10.3. The first kappa shape index (κ1) is 16.3. The minimum Gasteiger partial charge on any atom is -0.328 e. The number of amides is 2. The van der Waals surface area contributed by atoms with Crippen molar-refractivity contribution in [2.24, 2.45) is 4.99 Å². The summed E-state index contributed by atoms with van der Waals surface area (Å²) in [5, 5.41) is 3.55. The standard InChI is InChI=1S/C12H25N3OS/c1-5-7-9-13-11(17-4)14-12(16)15(3)10-8-6-2/h5-10H2,1-4H3,(H,13,14,16). The van der Waals surface area contributed by atoms with E-state index >= 15 is 0 Å². The molecule has 4 nitrogen and oxygen atoms in total. The Morgan fingerprint density at radius 2 is 1.94 bits per heavy atom. The second kappa shape index (κ2) is 10.4. The highest BCUT2D eigenvalue weighted by molar-refractivity contribution is 8.13. The minimum atomic E-state index is -0.0666. The molecule has 0 rings (SSSR count). The maximum absolute atomic E-state index is 11.8. The molecule has 0 radical (unpaired) electrons. The molecule has 0 aliphatic heterocycles. The van der Waals surface area contributed by atoms with Crippen LogP contribution in [0.15, 0.2) is 4.99 Å². The first-order chi connectivity index (χ1) is 8.15. The molecule has 0 bridgehead atoms. The molecule has 0 saturated carbocycles. The molecule has 0 unspecified atom stereocenters. The maximum atomic E-state index is 11.8. The van der Waals surface area contributed by atoms with Crippen LogP contribution in [0, 0.1) is 0 Å². The average molecular weight is 259 g/mol. The minimum absolute atomic E-state index is 0.0666. The Hall–Kier alpha value is -0.710. The van der Waals surface area contributed by atoms with Gasteiger partial charge in [0.15, 0.2) is 5.17 Å². The summed E-state index contributed by atoms with van der Waals surface area (Å²) in [6.07, 6.45) is 6.24. The number of hydrogen-bond acceptors (Lipinski definition) is 3. The average Bonchev–Trinajstić information content (AvgIpc) is 2.34. The number of urea groups is 1. The van der Waals surface area contributed by atoms with Crippen molar-refractivity contribution in [1.82, 2.24) is 10.2 Å². The third kappa shape index (κ3) is 8.07. The first-order valence-corrected chi connectivity index (χ1v) is 7.48. The third-order valence-corrected chi connectivity index (χ3v) is 2.99. The van der Waals surface area contributed by atoms with E-state index in [1.807, 2.05) is 13.3 Å². The van der Waals surface area contributed by atoms with Crippen LogP contribution in [-0.4, -0.2) is 42.5 Å². The van der Waals surface area contributed by atoms with Crippen LogP contribution in [0.5, 0.6) is 0 Å². The molecule has 0 fully saturated rings. The van der Waals surface area contributed by atoms with Crippen molar-refractivity contribution in [2.75, 3.05) is 26.4 Å². The lowest BCUT2D eigenvalue weighted by molar-refractivity contribution is 0.213. The molecule has 0 aromatic rings. The van der Waals surface area contributed by atoms with Crippen LogP contribution in [0.4, 0.5) is 4.79 Å². The Morgan fingerprint density at radius 3 is 2.47 bits per heavy atom. The molecule has 100 valence electrons. The van der Waals surface area contributed by atoms with Gasteiger partial charge >= 0.3 is 6.03 Å². The molecule has 0 aliphatic rings. The van der Waals surface area contributed by atoms with Crippen LogP contribution >= 0.6 is 11.8 Å². The summed E-state index contributed by atoms with van der Waals surface area (Å²) in [4.78, 5) is 17.8. The van der Waals surface area contributed by atoms with Crippen molar-refractivity contribution in [3.05, 3.63) is 0 Å². The topological polar surface area (TPSA) is 44.7 Å². The quantitative estimate of drug-likeness (QED) is 0.453. The van der Waals surface area contributed by atoms with Gasteiger partial charge in [-0.3, -0.25) is 10.3 Å². The van der Waals surface area contributed by atoms with Crippen LogP contribution in [0.1, 0.15) is 39.5 Å². The summed E-state index contributed by atoms with van der Waals surface area (Å²) < 4.78 is 0. The van der Waals surface area contributed by atoms with Gasteiger partial charge in [0.25, 0.3) is 0 Å². The molecule has 0 saturated heterocycles. The molecule has 0 aromatic heterocycles. The van der Waals surface area contributed by atoms with E-state index in [1.54, 1.807) is 4.90 Å². The zero-order valence-electron chi connectivity index (χ0n) is 11.5. The Morgan fingerprint density at radius 1 is 1.29 bits per heavy atom. The number of nitrogens with one attached hydrogen (secondary N) is 1. The highest BCUT2D eigenvalue weighted by Crippen LogP contribution is 1.99. The van der Waals surface area contributed by atoms with Crippen molar-refractivity contribution in [1.29, 1.82) is 0 Å². The molecule has 1 N–H and O–H groups in total. The van der Waals surface area contributed by atoms with E-state index in [9.17, 15) is 4.79 Å². The van der Waals surface area contributed by atoms with Gasteiger partial charge in [-0.15, -0.1) is 0 Å². The number of aliphatic imine (C=N–C) groups is 1. The van der Waals surface area contributed by atoms with Crippen LogP contribution in [-0.2, 0) is 0 Å². The molecule has 5 heteroatoms. The molecule has 0 spiro atoms. The zero-order valence-corrected chi connectivity index (χ0v) is 12.3. The predicted octanol–water partition coefficient (Wildman–Crippen LogP) is 2.95. The maximum Gasteiger partial charge on any atom is 0.323 e. The van der Waals surface area contributed by atoms with Crippen molar-refractivity contribution >= 4 is 23.0 Å². The van der Waals surface area contributed by atoms with Gasteiger partial charge in [0, 0.05) is 20.1 Å². The fourth-order valence-corrected chi connectivity index (χ4v) is 1.59. The highest BCUT2D eigenvalue weighted by atomic mass is 32.2. The Balaban J connectivity index is 4.08. The predicted molar refractivity (Wildman–Crippen MR) is 76.8 cm³/mol. The largest absolute Gasteiger partial charge is 0.328 e. The molecule has 17 heavy (non-hydrogen) atoms. The highest BCUT2D eigenvalue weighted by Gasteiger charge is 2.09. The van der Waals surface area contributed by atoms with E-state index in [4.69, 9.17) is 0 Å². The fraction of sp³-hybridized carbons (Fsp3) is 0.833. The van der Waals surface area contributed by atoms with E-state index < -0.39 is 0 Å². The van der Waals surface area contributed by atoms with Crippen LogP contribution in [0.2, 0.25) is 0 Å². The lowest BCUT2D eigenvalue weighted by Crippen LogP contribution is -2.40. The third-order valence-electron chi connectivity index (χ3n) is 2.37. The van der Waals surface area contributed by atoms with Crippen LogP contribution in [0.25, 0.3) is 0 Å². The number of nitrogens with zero attached hydrogens (tertiary/aromatic N) is 2. The van der Waals surface area contributed by atoms with E-state index in [0.717, 1.165) is 38.8 Å². The second-order valence-corrected chi connectivity index (χ2v) is 4.74. The summed E-state index contributed by atoms with van der Waals surface area (Å²) in [7, 11) is 1.81. The van der Waals surface area contributed by atoms with Crippen molar-refractivity contribution < 1.29 is 4.79 Å². The molecule has 0 aromatic carbocycles. The van der Waals surface area contributed by atoms with Gasteiger partial charge in [-0.05, 0) is 19.1 Å². The Bertz CT molecular complexity index is 244. The lowest BCUT2D eigenvalue weighted by Gasteiger charge is -2.17. The van der Waals surface area contributed by atoms with E-state index in [1.165, 1.54) is 11.8 Å². The Kier molecular flexibility index (Phi) is 10.0. The molecule has 2 amide bonds. The van der Waals surface area contributed by atoms with Crippen molar-refractivity contribution in [3.8, 4) is 0 Å². The number of carbonyl (C=O) groups excluding carboxylic acids is 1. The number of carbonyl (C=O) groups is 1. The number of thioether (sulfide) groups is 1. The van der Waals surface area contributed by atoms with Gasteiger partial charge in [-0.25, -0.2) is 4.79 Å². The molecule has 0 aliphatic carbocycles. The summed E-state index contributed by atoms with van der Waals surface area (Å²) in [5.41, 5.74) is 0. The van der Waals surface area contributed by atoms with E-state index in [-0.39, 0.29) is 6.03 Å². The fourth-order valence-electron chi connectivity index (χ4n) is 1.18. The number of hydrogen-bond donors (Lipinski definition) is 1. The SMILES string of the molecule is CCCCN=C(NC(=O)N(C)CCCC)SC. The molecule has 0 atom stereocenters. The van der Waals surface area contributed by atoms with Crippen molar-refractivity contribution in [2.45, 2.75) is 39.5 Å². The number of unbranched alkanes of at least 4 members (excludes halogenated alkanes) is 2. The first-order valence-electron chi connectivity index (χ1n) is 6.26. The van der Waals surface area contributed by atoms with Crippen LogP contribution in [0.3, 0.4) is 0 Å². The van der Waals surface area contributed by atoms with Gasteiger partial charge in [0.2, 0.25) is 0 Å². The van der Waals surface area contributed by atoms with Crippen LogP contribution < -0.4 is 5.32 Å². The normalized spacial score (nSPS) is 11.4. The molecule has 0 heterocycles. The summed E-state index contributed by atoms with van der Waals surface area (Å²) in [6.45, 7) is 5.82. The number of amidine groups is 1. The monoisotopic (exact) mass is 259 g/mol. The van der Waals surface area contributed by atoms with Gasteiger partial charge in [-0.1, -0.05) is 38.5 Å². The van der Waals surface area contributed by atoms with Gasteiger partial charge in [0.05, 0.1) is 0 Å². The second-order valence-electron chi connectivity index (χ2n) is 3.95. The Labute approximate surface area is 109 Å². The van der Waals surface area contributed by atoms with Crippen molar-refractivity contribution in [3.63, 3.8) is 0 Å². The smallest absolute Gasteiger partial charge is 0.323 e. The van der Waals surface area contributed by atoms with E-state index in [2.05, 4.69) is 24.2 Å². The molecular formula is C12H25N3OS. The molecular weight excluding hydrogens is 234 g/mol. The zero-order chi connectivity index (χ0) is 13.1. The summed E-state index contributed by atoms with van der Waals surface area (Å²) in [6, 6.07) is -0.0666. The summed E-state index contributed by atoms with van der Waals surface area (Å²) >= 11 is 1.48. The van der Waals surface area contributed by atoms with Gasteiger partial charge in [-0.2, -0.15) is 0 Å². The summed E-state index contributed by atoms with van der Waals surface area (Å²) in [5.74, 6) is 0. The van der Waals surface area contributed by atoms with Gasteiger partial charge < -0.3 is 4.90 Å². The number of rotatable bonds is 6. The van der Waals surface area contributed by atoms with Gasteiger partial charge in [0.1, 0.15) is 0 Å².